The van der Waals surface area contributed by atoms with Crippen LogP contribution in [0.15, 0.2) is 58.2 Å². The van der Waals surface area contributed by atoms with Crippen LogP contribution in [0, 0.1) is 24.0 Å². The van der Waals surface area contributed by atoms with Gasteiger partial charge < -0.3 is 4.57 Å². The number of aryl methyl sites for hydroxylation is 1. The molecule has 8 heteroatoms. The van der Waals surface area contributed by atoms with Gasteiger partial charge in [0.15, 0.2) is 0 Å². The van der Waals surface area contributed by atoms with Crippen molar-refractivity contribution >= 4 is 33.6 Å². The molecular formula is C18H16BrN5O2. The van der Waals surface area contributed by atoms with Gasteiger partial charge in [-0.1, -0.05) is 22.0 Å². The van der Waals surface area contributed by atoms with Gasteiger partial charge in [-0.3, -0.25) is 15.5 Å². The van der Waals surface area contributed by atoms with Gasteiger partial charge in [0.1, 0.15) is 0 Å². The van der Waals surface area contributed by atoms with E-state index in [1.165, 1.54) is 18.3 Å². The lowest BCUT2D eigenvalue weighted by Gasteiger charge is -2.09. The maximum absolute atomic E-state index is 11.0. The molecule has 0 amide bonds. The summed E-state index contributed by atoms with van der Waals surface area (Å²) in [4.78, 5) is 14.5. The first-order chi connectivity index (χ1) is 12.5. The highest BCUT2D eigenvalue weighted by molar-refractivity contribution is 9.10. The van der Waals surface area contributed by atoms with E-state index in [1.807, 2.05) is 44.2 Å². The average molecular weight is 414 g/mol. The van der Waals surface area contributed by atoms with E-state index in [-0.39, 0.29) is 11.5 Å². The van der Waals surface area contributed by atoms with Crippen LogP contribution < -0.4 is 5.43 Å². The molecule has 1 N–H and O–H groups in total. The van der Waals surface area contributed by atoms with E-state index in [1.54, 1.807) is 6.21 Å². The number of anilines is 1. The summed E-state index contributed by atoms with van der Waals surface area (Å²) in [6.45, 7) is 4.01. The fraction of sp³-hybridized carbons (Fsp3) is 0.111. The standard InChI is InChI=1S/C18H16BrN5O2/c1-12-9-14(13(2)23(12)16-6-3-5-15(19)10-16)11-21-22-18-17(24(25)26)7-4-8-20-18/h3-11H,1-2H3,(H,20,22)/b21-11-. The van der Waals surface area contributed by atoms with Gasteiger partial charge in [-0.05, 0) is 44.2 Å². The first kappa shape index (κ1) is 17.8. The lowest BCUT2D eigenvalue weighted by atomic mass is 10.2. The number of hydrogen-bond acceptors (Lipinski definition) is 5. The topological polar surface area (TPSA) is 85.3 Å². The van der Waals surface area contributed by atoms with Gasteiger partial charge >= 0.3 is 5.69 Å². The number of nitro groups is 1. The zero-order valence-electron chi connectivity index (χ0n) is 14.2. The van der Waals surface area contributed by atoms with Crippen molar-refractivity contribution in [1.82, 2.24) is 9.55 Å². The minimum atomic E-state index is -0.496. The fourth-order valence-electron chi connectivity index (χ4n) is 2.72. The molecule has 2 aromatic heterocycles. The van der Waals surface area contributed by atoms with E-state index in [9.17, 15) is 10.1 Å². The molecule has 0 aliphatic carbocycles. The monoisotopic (exact) mass is 413 g/mol. The Morgan fingerprint density at radius 3 is 2.81 bits per heavy atom. The number of rotatable bonds is 5. The molecule has 3 aromatic rings. The van der Waals surface area contributed by atoms with Crippen LogP contribution in [-0.2, 0) is 0 Å². The maximum Gasteiger partial charge on any atom is 0.313 e. The first-order valence-corrected chi connectivity index (χ1v) is 8.60. The highest BCUT2D eigenvalue weighted by atomic mass is 79.9. The van der Waals surface area contributed by atoms with Crippen molar-refractivity contribution in [2.45, 2.75) is 13.8 Å². The second-order valence-electron chi connectivity index (χ2n) is 5.64. The zero-order valence-corrected chi connectivity index (χ0v) is 15.8. The first-order valence-electron chi connectivity index (χ1n) is 7.80. The molecule has 0 radical (unpaired) electrons. The molecule has 0 fully saturated rings. The van der Waals surface area contributed by atoms with E-state index in [2.05, 4.69) is 36.0 Å². The molecule has 0 saturated heterocycles. The molecule has 0 atom stereocenters. The minimum Gasteiger partial charge on any atom is -0.318 e. The van der Waals surface area contributed by atoms with E-state index < -0.39 is 4.92 Å². The van der Waals surface area contributed by atoms with Gasteiger partial charge in [-0.2, -0.15) is 5.10 Å². The molecule has 0 aliphatic heterocycles. The van der Waals surface area contributed by atoms with Crippen LogP contribution in [0.5, 0.6) is 0 Å². The van der Waals surface area contributed by atoms with Crippen LogP contribution in [0.3, 0.4) is 0 Å². The van der Waals surface area contributed by atoms with Gasteiger partial charge in [0.05, 0.1) is 11.1 Å². The van der Waals surface area contributed by atoms with Crippen LogP contribution in [0.4, 0.5) is 11.5 Å². The highest BCUT2D eigenvalue weighted by Crippen LogP contribution is 2.23. The Hall–Kier alpha value is -3.00. The molecule has 0 aliphatic rings. The molecule has 132 valence electrons. The predicted octanol–water partition coefficient (Wildman–Crippen LogP) is 4.61. The number of nitrogens with one attached hydrogen (secondary N) is 1. The van der Waals surface area contributed by atoms with Gasteiger partial charge in [0.2, 0.25) is 5.82 Å². The van der Waals surface area contributed by atoms with Gasteiger partial charge in [-0.25, -0.2) is 4.98 Å². The third-order valence-corrected chi connectivity index (χ3v) is 4.39. The average Bonchev–Trinajstić information content (AvgIpc) is 2.89. The van der Waals surface area contributed by atoms with Crippen molar-refractivity contribution in [3.05, 3.63) is 80.2 Å². The number of hydrazone groups is 1. The molecule has 3 rings (SSSR count). The predicted molar refractivity (Wildman–Crippen MR) is 105 cm³/mol. The Kier molecular flexibility index (Phi) is 5.13. The fourth-order valence-corrected chi connectivity index (χ4v) is 3.11. The number of aromatic nitrogens is 2. The number of benzene rings is 1. The smallest absolute Gasteiger partial charge is 0.313 e. The molecule has 0 bridgehead atoms. The largest absolute Gasteiger partial charge is 0.318 e. The van der Waals surface area contributed by atoms with Gasteiger partial charge in [0, 0.05) is 39.4 Å². The second kappa shape index (κ2) is 7.49. The summed E-state index contributed by atoms with van der Waals surface area (Å²) in [6, 6.07) is 12.9. The second-order valence-corrected chi connectivity index (χ2v) is 6.56. The van der Waals surface area contributed by atoms with E-state index in [4.69, 9.17) is 0 Å². The molecule has 7 nitrogen and oxygen atoms in total. The minimum absolute atomic E-state index is 0.106. The Morgan fingerprint density at radius 2 is 2.08 bits per heavy atom. The summed E-state index contributed by atoms with van der Waals surface area (Å²) in [5.41, 5.74) is 6.56. The van der Waals surface area contributed by atoms with Gasteiger partial charge in [0.25, 0.3) is 0 Å². The summed E-state index contributed by atoms with van der Waals surface area (Å²) in [7, 11) is 0. The summed E-state index contributed by atoms with van der Waals surface area (Å²) in [5, 5.41) is 15.1. The lowest BCUT2D eigenvalue weighted by molar-refractivity contribution is -0.384. The Morgan fingerprint density at radius 1 is 1.27 bits per heavy atom. The van der Waals surface area contributed by atoms with Crippen molar-refractivity contribution in [1.29, 1.82) is 0 Å². The third kappa shape index (κ3) is 3.65. The molecule has 0 saturated carbocycles. The van der Waals surface area contributed by atoms with Crippen LogP contribution in [-0.4, -0.2) is 20.7 Å². The Balaban J connectivity index is 1.87. The summed E-state index contributed by atoms with van der Waals surface area (Å²) >= 11 is 3.49. The molecule has 0 spiro atoms. The van der Waals surface area contributed by atoms with E-state index >= 15 is 0 Å². The summed E-state index contributed by atoms with van der Waals surface area (Å²) in [5.74, 6) is 0.106. The lowest BCUT2D eigenvalue weighted by Crippen LogP contribution is -2.00. The van der Waals surface area contributed by atoms with E-state index in [0.717, 1.165) is 27.1 Å². The number of pyridine rings is 1. The van der Waals surface area contributed by atoms with Crippen molar-refractivity contribution in [2.75, 3.05) is 5.43 Å². The zero-order chi connectivity index (χ0) is 18.7. The number of halogens is 1. The maximum atomic E-state index is 11.0. The summed E-state index contributed by atoms with van der Waals surface area (Å²) in [6.07, 6.45) is 3.11. The molecular weight excluding hydrogens is 398 g/mol. The molecule has 2 heterocycles. The van der Waals surface area contributed by atoms with Crippen LogP contribution in [0.25, 0.3) is 5.69 Å². The normalized spacial score (nSPS) is 11.0. The van der Waals surface area contributed by atoms with Crippen molar-refractivity contribution in [3.63, 3.8) is 0 Å². The van der Waals surface area contributed by atoms with Crippen LogP contribution >= 0.6 is 15.9 Å². The molecule has 26 heavy (non-hydrogen) atoms. The van der Waals surface area contributed by atoms with Crippen LogP contribution in [0.2, 0.25) is 0 Å². The SMILES string of the molecule is Cc1cc(/C=N\Nc2ncccc2[N+](=O)[O-])c(C)n1-c1cccc(Br)c1. The van der Waals surface area contributed by atoms with Crippen molar-refractivity contribution in [3.8, 4) is 5.69 Å². The van der Waals surface area contributed by atoms with Gasteiger partial charge in [-0.15, -0.1) is 0 Å². The molecule has 1 aromatic carbocycles. The van der Waals surface area contributed by atoms with E-state index in [0.29, 0.717) is 0 Å². The molecule has 0 unspecified atom stereocenters. The quantitative estimate of drug-likeness (QED) is 0.376. The third-order valence-electron chi connectivity index (χ3n) is 3.89. The number of nitrogens with zero attached hydrogens (tertiary/aromatic N) is 4. The Labute approximate surface area is 158 Å². The number of hydrogen-bond donors (Lipinski definition) is 1. The van der Waals surface area contributed by atoms with Crippen LogP contribution in [0.1, 0.15) is 17.0 Å². The highest BCUT2D eigenvalue weighted by Gasteiger charge is 2.13. The van der Waals surface area contributed by atoms with Crippen molar-refractivity contribution < 1.29 is 4.92 Å². The Bertz CT molecular complexity index is 997. The summed E-state index contributed by atoms with van der Waals surface area (Å²) < 4.78 is 3.12. The van der Waals surface area contributed by atoms with Crippen molar-refractivity contribution in [2.24, 2.45) is 5.10 Å².